The van der Waals surface area contributed by atoms with Gasteiger partial charge in [-0.25, -0.2) is 4.79 Å². The summed E-state index contributed by atoms with van der Waals surface area (Å²) in [6.07, 6.45) is 5.02. The highest BCUT2D eigenvalue weighted by molar-refractivity contribution is 6.09. The molecule has 1 spiro atoms. The number of rotatable bonds is 6. The summed E-state index contributed by atoms with van der Waals surface area (Å²) in [6.45, 7) is 7.11. The van der Waals surface area contributed by atoms with Gasteiger partial charge in [-0.2, -0.15) is 0 Å². The lowest BCUT2D eigenvalue weighted by molar-refractivity contribution is -0.136. The fraction of sp³-hybridized carbons (Fsp3) is 0.640. The molecule has 8 heteroatoms. The number of imide groups is 1. The summed E-state index contributed by atoms with van der Waals surface area (Å²) in [5.74, 6) is 1.44. The Morgan fingerprint density at radius 1 is 1.18 bits per heavy atom. The summed E-state index contributed by atoms with van der Waals surface area (Å²) in [4.78, 5) is 39.8. The van der Waals surface area contributed by atoms with Crippen molar-refractivity contribution in [3.05, 3.63) is 23.8 Å². The van der Waals surface area contributed by atoms with Crippen LogP contribution in [0.3, 0.4) is 0 Å². The average Bonchev–Trinajstić information content (AvgIpc) is 2.95. The Bertz CT molecular complexity index is 907. The van der Waals surface area contributed by atoms with E-state index < -0.39 is 11.6 Å². The third-order valence-electron chi connectivity index (χ3n) is 7.20. The summed E-state index contributed by atoms with van der Waals surface area (Å²) in [6, 6.07) is 4.94. The summed E-state index contributed by atoms with van der Waals surface area (Å²) in [7, 11) is 0. The predicted molar refractivity (Wildman–Crippen MR) is 123 cm³/mol. The van der Waals surface area contributed by atoms with Crippen LogP contribution in [0.1, 0.15) is 70.9 Å². The highest BCUT2D eigenvalue weighted by atomic mass is 16.5. The quantitative estimate of drug-likeness (QED) is 0.637. The smallest absolute Gasteiger partial charge is 0.325 e. The predicted octanol–water partition coefficient (Wildman–Crippen LogP) is 3.55. The Morgan fingerprint density at radius 2 is 1.88 bits per heavy atom. The average molecular weight is 458 g/mol. The number of benzene rings is 1. The summed E-state index contributed by atoms with van der Waals surface area (Å²) in [5.41, 5.74) is 0.0589. The molecule has 8 nitrogen and oxygen atoms in total. The lowest BCUT2D eigenvalue weighted by atomic mass is 9.75. The minimum atomic E-state index is -0.838. The van der Waals surface area contributed by atoms with Gasteiger partial charge in [-0.1, -0.05) is 33.3 Å². The van der Waals surface area contributed by atoms with Gasteiger partial charge >= 0.3 is 6.03 Å². The van der Waals surface area contributed by atoms with E-state index in [0.717, 1.165) is 36.1 Å². The van der Waals surface area contributed by atoms with E-state index in [9.17, 15) is 14.4 Å². The van der Waals surface area contributed by atoms with Crippen molar-refractivity contribution in [3.8, 4) is 11.5 Å². The first-order chi connectivity index (χ1) is 15.8. The number of ether oxygens (including phenoxy) is 2. The first kappa shape index (κ1) is 23.4. The molecule has 2 N–H and O–H groups in total. The number of amides is 4. The molecular weight excluding hydrogens is 422 g/mol. The maximum Gasteiger partial charge on any atom is 0.325 e. The fourth-order valence-electron chi connectivity index (χ4n) is 5.11. The number of hydrogen-bond donors (Lipinski definition) is 2. The first-order valence-electron chi connectivity index (χ1n) is 12.2. The first-order valence-corrected chi connectivity index (χ1v) is 12.2. The van der Waals surface area contributed by atoms with Crippen molar-refractivity contribution in [2.45, 2.75) is 70.9 Å². The van der Waals surface area contributed by atoms with E-state index >= 15 is 0 Å². The molecule has 0 radical (unpaired) electrons. The molecule has 1 aromatic rings. The Labute approximate surface area is 195 Å². The molecule has 180 valence electrons. The highest BCUT2D eigenvalue weighted by Crippen LogP contribution is 2.38. The van der Waals surface area contributed by atoms with E-state index in [1.54, 1.807) is 0 Å². The van der Waals surface area contributed by atoms with E-state index in [0.29, 0.717) is 43.5 Å². The Balaban J connectivity index is 1.43. The fourth-order valence-corrected chi connectivity index (χ4v) is 5.11. The van der Waals surface area contributed by atoms with E-state index in [-0.39, 0.29) is 30.3 Å². The molecule has 2 fully saturated rings. The lowest BCUT2D eigenvalue weighted by Crippen LogP contribution is -2.50. The van der Waals surface area contributed by atoms with Gasteiger partial charge in [-0.15, -0.1) is 0 Å². The van der Waals surface area contributed by atoms with Gasteiger partial charge < -0.3 is 20.1 Å². The van der Waals surface area contributed by atoms with Gasteiger partial charge in [-0.05, 0) is 55.2 Å². The van der Waals surface area contributed by atoms with Crippen LogP contribution in [0.25, 0.3) is 0 Å². The maximum absolute atomic E-state index is 13.1. The van der Waals surface area contributed by atoms with Gasteiger partial charge in [0.1, 0.15) is 12.1 Å². The molecule has 0 bridgehead atoms. The number of fused-ring (bicyclic) bond motifs is 1. The molecule has 3 aliphatic rings. The number of nitrogens with one attached hydrogen (secondary N) is 2. The van der Waals surface area contributed by atoms with Gasteiger partial charge in [0.05, 0.1) is 19.3 Å². The van der Waals surface area contributed by atoms with Gasteiger partial charge in [-0.3, -0.25) is 14.5 Å². The summed E-state index contributed by atoms with van der Waals surface area (Å²) >= 11 is 0. The van der Waals surface area contributed by atoms with Gasteiger partial charge in [0.25, 0.3) is 5.91 Å². The van der Waals surface area contributed by atoms with Crippen molar-refractivity contribution in [2.24, 2.45) is 11.8 Å². The number of nitrogens with zero attached hydrogens (tertiary/aromatic N) is 1. The van der Waals surface area contributed by atoms with Crippen LogP contribution >= 0.6 is 0 Å². The molecule has 4 rings (SSSR count). The topological polar surface area (TPSA) is 97.0 Å². The van der Waals surface area contributed by atoms with E-state index in [2.05, 4.69) is 17.6 Å². The van der Waals surface area contributed by atoms with E-state index in [1.165, 1.54) is 0 Å². The number of carbonyl (C=O) groups excluding carboxylic acids is 3. The second kappa shape index (κ2) is 9.61. The Morgan fingerprint density at radius 3 is 2.55 bits per heavy atom. The Kier molecular flexibility index (Phi) is 6.81. The second-order valence-electron chi connectivity index (χ2n) is 9.80. The molecule has 0 unspecified atom stereocenters. The maximum atomic E-state index is 13.1. The number of hydrogen-bond acceptors (Lipinski definition) is 5. The van der Waals surface area contributed by atoms with Gasteiger partial charge in [0.2, 0.25) is 5.91 Å². The van der Waals surface area contributed by atoms with Crippen LogP contribution in [0, 0.1) is 11.8 Å². The third kappa shape index (κ3) is 4.80. The molecular formula is C25H35N3O5. The zero-order valence-corrected chi connectivity index (χ0v) is 19.8. The van der Waals surface area contributed by atoms with Gasteiger partial charge in [0, 0.05) is 6.42 Å². The molecule has 1 saturated carbocycles. The minimum absolute atomic E-state index is 0.0949. The van der Waals surface area contributed by atoms with Crippen LogP contribution in [0.4, 0.5) is 4.79 Å². The molecule has 2 heterocycles. The zero-order chi connectivity index (χ0) is 23.6. The van der Waals surface area contributed by atoms with Crippen molar-refractivity contribution < 1.29 is 23.9 Å². The molecule has 2 aliphatic heterocycles. The third-order valence-corrected chi connectivity index (χ3v) is 7.20. The summed E-state index contributed by atoms with van der Waals surface area (Å²) < 4.78 is 11.5. The van der Waals surface area contributed by atoms with Crippen LogP contribution in [0.15, 0.2) is 18.2 Å². The van der Waals surface area contributed by atoms with E-state index in [4.69, 9.17) is 9.47 Å². The molecule has 33 heavy (non-hydrogen) atoms. The lowest BCUT2D eigenvalue weighted by Gasteiger charge is -2.34. The minimum Gasteiger partial charge on any atom is -0.490 e. The Hall–Kier alpha value is -2.77. The highest BCUT2D eigenvalue weighted by Gasteiger charge is 2.52. The standard InChI is InChI=1S/C25H35N3O5/c1-4-17-8-10-25(11-9-17)23(30)28(24(31)27-25)15-21(29)26-22(16(2)3)18-6-7-19-20(14-18)33-13-5-12-32-19/h6-7,14,16-17,22H,4-5,8-13,15H2,1-3H3,(H,26,29)(H,27,31)/t17?,22-,25?/m0/s1. The van der Waals surface area contributed by atoms with Crippen molar-refractivity contribution in [3.63, 3.8) is 0 Å². The van der Waals surface area contributed by atoms with E-state index in [1.807, 2.05) is 32.0 Å². The second-order valence-corrected chi connectivity index (χ2v) is 9.80. The van der Waals surface area contributed by atoms with Crippen LogP contribution < -0.4 is 20.1 Å². The monoisotopic (exact) mass is 457 g/mol. The van der Waals surface area contributed by atoms with Crippen molar-refractivity contribution in [1.29, 1.82) is 0 Å². The normalized spacial score (nSPS) is 25.7. The van der Waals surface area contributed by atoms with Crippen LogP contribution in [0.5, 0.6) is 11.5 Å². The van der Waals surface area contributed by atoms with Crippen molar-refractivity contribution in [2.75, 3.05) is 19.8 Å². The molecule has 0 aromatic heterocycles. The molecule has 1 saturated heterocycles. The summed E-state index contributed by atoms with van der Waals surface area (Å²) in [5, 5.41) is 5.92. The SMILES string of the molecule is CCC1CCC2(CC1)NC(=O)N(CC(=O)N[C@H](c1ccc3c(c1)OCCCO3)C(C)C)C2=O. The van der Waals surface area contributed by atoms with Crippen LogP contribution in [-0.2, 0) is 9.59 Å². The van der Waals surface area contributed by atoms with Crippen LogP contribution in [-0.4, -0.2) is 48.0 Å². The number of carbonyl (C=O) groups is 3. The van der Waals surface area contributed by atoms with Crippen LogP contribution in [0.2, 0.25) is 0 Å². The van der Waals surface area contributed by atoms with Gasteiger partial charge in [0.15, 0.2) is 11.5 Å². The molecule has 1 aliphatic carbocycles. The van der Waals surface area contributed by atoms with Crippen molar-refractivity contribution in [1.82, 2.24) is 15.5 Å². The largest absolute Gasteiger partial charge is 0.490 e. The molecule has 1 aromatic carbocycles. The zero-order valence-electron chi connectivity index (χ0n) is 19.8. The van der Waals surface area contributed by atoms with Crippen molar-refractivity contribution >= 4 is 17.8 Å². The molecule has 4 amide bonds. The molecule has 1 atom stereocenters. The number of urea groups is 1.